The Hall–Kier alpha value is -1.20. The fraction of sp³-hybridized carbons (Fsp3) is 0.538. The number of hydrogen-bond donors (Lipinski definition) is 1. The summed E-state index contributed by atoms with van der Waals surface area (Å²) in [4.78, 5) is 0. The zero-order valence-corrected chi connectivity index (χ0v) is 10.4. The third-order valence-corrected chi connectivity index (χ3v) is 2.55. The maximum Gasteiger partial charge on any atom is 0.261 e. The smallest absolute Gasteiger partial charge is 0.261 e. The zero-order valence-electron chi connectivity index (χ0n) is 10.4. The van der Waals surface area contributed by atoms with Crippen LogP contribution in [0.1, 0.15) is 12.0 Å². The highest BCUT2D eigenvalue weighted by Crippen LogP contribution is 2.19. The molecule has 18 heavy (non-hydrogen) atoms. The number of halogens is 2. The molecule has 1 atom stereocenters. The van der Waals surface area contributed by atoms with Gasteiger partial charge in [-0.2, -0.15) is 0 Å². The summed E-state index contributed by atoms with van der Waals surface area (Å²) in [6.07, 6.45) is -1.23. The Morgan fingerprint density at radius 2 is 2.00 bits per heavy atom. The van der Waals surface area contributed by atoms with Gasteiger partial charge in [0.1, 0.15) is 12.4 Å². The minimum absolute atomic E-state index is 0.126. The predicted molar refractivity (Wildman–Crippen MR) is 66.1 cm³/mol. The van der Waals surface area contributed by atoms with Crippen molar-refractivity contribution in [2.45, 2.75) is 25.3 Å². The maximum absolute atomic E-state index is 11.8. The average molecular weight is 259 g/mol. The Morgan fingerprint density at radius 3 is 2.67 bits per heavy atom. The maximum atomic E-state index is 11.8. The van der Waals surface area contributed by atoms with Crippen molar-refractivity contribution in [2.75, 3.05) is 20.3 Å². The van der Waals surface area contributed by atoms with Crippen LogP contribution in [-0.4, -0.2) is 32.8 Å². The molecule has 0 bridgehead atoms. The summed E-state index contributed by atoms with van der Waals surface area (Å²) in [6.45, 7) is -0.276. The summed E-state index contributed by atoms with van der Waals surface area (Å²) in [7, 11) is 1.61. The van der Waals surface area contributed by atoms with Crippen LogP contribution in [0.4, 0.5) is 8.78 Å². The molecule has 1 unspecified atom stereocenters. The van der Waals surface area contributed by atoms with Gasteiger partial charge in [0.05, 0.1) is 7.11 Å². The molecule has 0 aliphatic heterocycles. The standard InChI is InChI=1S/C13H19F2NO2/c1-17-12-5-3-2-4-10(12)8-11(16)6-7-18-9-13(14)15/h2-5,11,13H,6-9,16H2,1H3. The first-order chi connectivity index (χ1) is 8.63. The molecule has 0 spiro atoms. The van der Waals surface area contributed by atoms with Crippen LogP contribution in [-0.2, 0) is 11.2 Å². The van der Waals surface area contributed by atoms with E-state index in [2.05, 4.69) is 0 Å². The summed E-state index contributed by atoms with van der Waals surface area (Å²) >= 11 is 0. The molecule has 0 saturated carbocycles. The Labute approximate surface area is 106 Å². The van der Waals surface area contributed by atoms with Crippen LogP contribution >= 0.6 is 0 Å². The highest BCUT2D eigenvalue weighted by Gasteiger charge is 2.09. The summed E-state index contributed by atoms with van der Waals surface area (Å²) in [6, 6.07) is 7.49. The van der Waals surface area contributed by atoms with Crippen LogP contribution in [0.3, 0.4) is 0 Å². The number of alkyl halides is 2. The minimum atomic E-state index is -2.42. The Kier molecular flexibility index (Phi) is 6.60. The topological polar surface area (TPSA) is 44.5 Å². The van der Waals surface area contributed by atoms with Crippen molar-refractivity contribution in [2.24, 2.45) is 5.73 Å². The molecule has 0 amide bonds. The molecule has 1 rings (SSSR count). The predicted octanol–water partition coefficient (Wildman–Crippen LogP) is 2.24. The molecule has 0 aromatic heterocycles. The number of rotatable bonds is 8. The highest BCUT2D eigenvalue weighted by atomic mass is 19.3. The largest absolute Gasteiger partial charge is 0.496 e. The number of ether oxygens (including phenoxy) is 2. The van der Waals surface area contributed by atoms with Crippen LogP contribution in [0, 0.1) is 0 Å². The van der Waals surface area contributed by atoms with Gasteiger partial charge in [0.2, 0.25) is 0 Å². The molecule has 102 valence electrons. The molecule has 0 radical (unpaired) electrons. The van der Waals surface area contributed by atoms with Gasteiger partial charge >= 0.3 is 0 Å². The quantitative estimate of drug-likeness (QED) is 0.728. The van der Waals surface area contributed by atoms with Crippen molar-refractivity contribution in [3.05, 3.63) is 29.8 Å². The second kappa shape index (κ2) is 8.00. The summed E-state index contributed by atoms with van der Waals surface area (Å²) < 4.78 is 33.7. The van der Waals surface area contributed by atoms with Crippen LogP contribution < -0.4 is 10.5 Å². The molecule has 1 aromatic carbocycles. The van der Waals surface area contributed by atoms with Crippen molar-refractivity contribution in [3.63, 3.8) is 0 Å². The summed E-state index contributed by atoms with van der Waals surface area (Å²) in [5.41, 5.74) is 6.94. The van der Waals surface area contributed by atoms with E-state index in [1.165, 1.54) is 0 Å². The molecule has 0 fully saturated rings. The normalized spacial score (nSPS) is 12.7. The van der Waals surface area contributed by atoms with E-state index >= 15 is 0 Å². The second-order valence-electron chi connectivity index (χ2n) is 4.03. The first-order valence-electron chi connectivity index (χ1n) is 5.87. The van der Waals surface area contributed by atoms with E-state index in [-0.39, 0.29) is 12.6 Å². The first kappa shape index (κ1) is 14.9. The third-order valence-electron chi connectivity index (χ3n) is 2.55. The number of benzene rings is 1. The van der Waals surface area contributed by atoms with E-state index in [0.29, 0.717) is 12.8 Å². The lowest BCUT2D eigenvalue weighted by Gasteiger charge is -2.14. The van der Waals surface area contributed by atoms with Crippen LogP contribution in [0.25, 0.3) is 0 Å². The van der Waals surface area contributed by atoms with E-state index in [4.69, 9.17) is 15.2 Å². The molecule has 1 aromatic rings. The van der Waals surface area contributed by atoms with Crippen molar-refractivity contribution in [1.82, 2.24) is 0 Å². The van der Waals surface area contributed by atoms with Gasteiger partial charge in [0.25, 0.3) is 6.43 Å². The Morgan fingerprint density at radius 1 is 1.28 bits per heavy atom. The van der Waals surface area contributed by atoms with Gasteiger partial charge in [-0.25, -0.2) is 8.78 Å². The zero-order chi connectivity index (χ0) is 13.4. The van der Waals surface area contributed by atoms with Crippen LogP contribution in [0.2, 0.25) is 0 Å². The number of nitrogens with two attached hydrogens (primary N) is 1. The van der Waals surface area contributed by atoms with E-state index in [0.717, 1.165) is 11.3 Å². The van der Waals surface area contributed by atoms with Crippen molar-refractivity contribution in [3.8, 4) is 5.75 Å². The molecule has 3 nitrogen and oxygen atoms in total. The van der Waals surface area contributed by atoms with E-state index in [1.807, 2.05) is 24.3 Å². The van der Waals surface area contributed by atoms with Crippen LogP contribution in [0.5, 0.6) is 5.75 Å². The number of methoxy groups -OCH3 is 1. The fourth-order valence-corrected chi connectivity index (χ4v) is 1.66. The molecule has 0 aliphatic rings. The third kappa shape index (κ3) is 5.42. The lowest BCUT2D eigenvalue weighted by Crippen LogP contribution is -2.25. The minimum Gasteiger partial charge on any atom is -0.496 e. The van der Waals surface area contributed by atoms with E-state index in [9.17, 15) is 8.78 Å². The van der Waals surface area contributed by atoms with Crippen molar-refractivity contribution < 1.29 is 18.3 Å². The Balaban J connectivity index is 2.33. The van der Waals surface area contributed by atoms with E-state index < -0.39 is 13.0 Å². The average Bonchev–Trinajstić information content (AvgIpc) is 2.35. The summed E-state index contributed by atoms with van der Waals surface area (Å²) in [5.74, 6) is 0.793. The molecular formula is C13H19F2NO2. The van der Waals surface area contributed by atoms with Gasteiger partial charge in [-0.1, -0.05) is 18.2 Å². The first-order valence-corrected chi connectivity index (χ1v) is 5.87. The lowest BCUT2D eigenvalue weighted by atomic mass is 10.0. The van der Waals surface area contributed by atoms with Gasteiger partial charge in [0, 0.05) is 12.6 Å². The second-order valence-corrected chi connectivity index (χ2v) is 4.03. The van der Waals surface area contributed by atoms with Gasteiger partial charge in [-0.05, 0) is 24.5 Å². The SMILES string of the molecule is COc1ccccc1CC(N)CCOCC(F)F. The van der Waals surface area contributed by atoms with Gasteiger partial charge in [0.15, 0.2) is 0 Å². The van der Waals surface area contributed by atoms with Gasteiger partial charge in [-0.3, -0.25) is 0 Å². The van der Waals surface area contributed by atoms with E-state index in [1.54, 1.807) is 7.11 Å². The molecule has 0 aliphatic carbocycles. The van der Waals surface area contributed by atoms with Gasteiger partial charge in [-0.15, -0.1) is 0 Å². The Bertz CT molecular complexity index is 348. The highest BCUT2D eigenvalue weighted by molar-refractivity contribution is 5.33. The van der Waals surface area contributed by atoms with Gasteiger partial charge < -0.3 is 15.2 Å². The lowest BCUT2D eigenvalue weighted by molar-refractivity contribution is 0.0153. The fourth-order valence-electron chi connectivity index (χ4n) is 1.66. The number of para-hydroxylation sites is 1. The molecule has 5 heteroatoms. The number of hydrogen-bond acceptors (Lipinski definition) is 3. The molecule has 0 saturated heterocycles. The van der Waals surface area contributed by atoms with Crippen LogP contribution in [0.15, 0.2) is 24.3 Å². The van der Waals surface area contributed by atoms with Crippen molar-refractivity contribution in [1.29, 1.82) is 0 Å². The molecule has 2 N–H and O–H groups in total. The summed E-state index contributed by atoms with van der Waals surface area (Å²) in [5, 5.41) is 0. The van der Waals surface area contributed by atoms with Crippen molar-refractivity contribution >= 4 is 0 Å². The molecule has 0 heterocycles. The molecular weight excluding hydrogens is 240 g/mol. The monoisotopic (exact) mass is 259 g/mol.